The predicted octanol–water partition coefficient (Wildman–Crippen LogP) is 1.88. The highest BCUT2D eigenvalue weighted by Crippen LogP contribution is 2.51. The van der Waals surface area contributed by atoms with Crippen molar-refractivity contribution < 1.29 is 32.8 Å². The van der Waals surface area contributed by atoms with Crippen LogP contribution in [0.25, 0.3) is 10.8 Å². The highest BCUT2D eigenvalue weighted by Gasteiger charge is 2.34. The normalized spacial score (nSPS) is 15.9. The van der Waals surface area contributed by atoms with Crippen LogP contribution >= 0.6 is 7.82 Å². The Hall–Kier alpha value is -2.29. The van der Waals surface area contributed by atoms with Gasteiger partial charge in [-0.3, -0.25) is 23.5 Å². The standard InChI is InChI=1S/C17H19N2O7P/c1-2-24-27(23,25-10-18)26-14-7-6-13-15-11(14)4-3-5-12(15)16(21)19(8-9-20)17(13)22/h3-7,20H,2,8-10,18H2,1H3. The minimum absolute atomic E-state index is 0.0750. The van der Waals surface area contributed by atoms with Gasteiger partial charge in [-0.2, -0.15) is 0 Å². The lowest BCUT2D eigenvalue weighted by atomic mass is 9.93. The first-order valence-electron chi connectivity index (χ1n) is 8.27. The summed E-state index contributed by atoms with van der Waals surface area (Å²) >= 11 is 0. The van der Waals surface area contributed by atoms with Crippen LogP contribution in [0.4, 0.5) is 0 Å². The van der Waals surface area contributed by atoms with Crippen LogP contribution < -0.4 is 10.3 Å². The van der Waals surface area contributed by atoms with Crippen LogP contribution in [0.5, 0.6) is 5.75 Å². The third-order valence-corrected chi connectivity index (χ3v) is 5.47. The summed E-state index contributed by atoms with van der Waals surface area (Å²) in [5.41, 5.74) is 5.87. The molecule has 3 rings (SSSR count). The lowest BCUT2D eigenvalue weighted by Gasteiger charge is -2.27. The molecular weight excluding hydrogens is 375 g/mol. The Bertz CT molecular complexity index is 914. The molecular formula is C17H19N2O7P. The Morgan fingerprint density at radius 1 is 1.11 bits per heavy atom. The number of carbonyl (C=O) groups excluding carboxylic acids is 2. The van der Waals surface area contributed by atoms with E-state index in [2.05, 4.69) is 0 Å². The largest absolute Gasteiger partial charge is 0.531 e. The lowest BCUT2D eigenvalue weighted by molar-refractivity contribution is 0.0580. The molecule has 1 aliphatic rings. The van der Waals surface area contributed by atoms with Crippen LogP contribution in [-0.4, -0.2) is 48.3 Å². The van der Waals surface area contributed by atoms with Gasteiger partial charge in [-0.05, 0) is 25.1 Å². The van der Waals surface area contributed by atoms with E-state index in [-0.39, 0.29) is 43.4 Å². The summed E-state index contributed by atoms with van der Waals surface area (Å²) in [4.78, 5) is 26.3. The minimum atomic E-state index is -3.96. The quantitative estimate of drug-likeness (QED) is 0.395. The molecule has 2 amide bonds. The maximum atomic E-state index is 12.6. The lowest BCUT2D eigenvalue weighted by Crippen LogP contribution is -2.41. The van der Waals surface area contributed by atoms with E-state index in [4.69, 9.17) is 24.4 Å². The van der Waals surface area contributed by atoms with Crippen molar-refractivity contribution in [3.63, 3.8) is 0 Å². The number of imide groups is 1. The first kappa shape index (κ1) is 19.5. The fraction of sp³-hybridized carbons (Fsp3) is 0.294. The average molecular weight is 394 g/mol. The zero-order chi connectivity index (χ0) is 19.6. The number of aliphatic hydroxyl groups is 1. The summed E-state index contributed by atoms with van der Waals surface area (Å²) in [6, 6.07) is 7.76. The molecule has 1 unspecified atom stereocenters. The van der Waals surface area contributed by atoms with Gasteiger partial charge in [-0.1, -0.05) is 12.1 Å². The van der Waals surface area contributed by atoms with Crippen molar-refractivity contribution in [3.05, 3.63) is 41.5 Å². The van der Waals surface area contributed by atoms with E-state index in [1.807, 2.05) is 0 Å². The van der Waals surface area contributed by atoms with Gasteiger partial charge < -0.3 is 15.4 Å². The topological polar surface area (TPSA) is 128 Å². The third-order valence-electron chi connectivity index (χ3n) is 4.01. The van der Waals surface area contributed by atoms with E-state index in [1.54, 1.807) is 25.1 Å². The number of amides is 2. The van der Waals surface area contributed by atoms with Gasteiger partial charge in [0.1, 0.15) is 12.5 Å². The van der Waals surface area contributed by atoms with Crippen LogP contribution in [0.1, 0.15) is 27.6 Å². The Balaban J connectivity index is 2.13. The SMILES string of the molecule is CCOP(=O)(OCN)Oc1ccc2c3c(cccc13)C(=O)N(CCO)C2=O. The van der Waals surface area contributed by atoms with E-state index < -0.39 is 19.6 Å². The van der Waals surface area contributed by atoms with Gasteiger partial charge in [0, 0.05) is 21.9 Å². The monoisotopic (exact) mass is 394 g/mol. The maximum absolute atomic E-state index is 12.6. The molecule has 144 valence electrons. The molecule has 9 nitrogen and oxygen atoms in total. The van der Waals surface area contributed by atoms with Gasteiger partial charge >= 0.3 is 7.82 Å². The smallest absolute Gasteiger partial charge is 0.403 e. The Morgan fingerprint density at radius 3 is 2.44 bits per heavy atom. The number of aliphatic hydroxyl groups excluding tert-OH is 1. The molecule has 1 heterocycles. The highest BCUT2D eigenvalue weighted by atomic mass is 31.2. The number of phosphoric acid groups is 1. The summed E-state index contributed by atoms with van der Waals surface area (Å²) in [5.74, 6) is -0.900. The van der Waals surface area contributed by atoms with Crippen LogP contribution in [0.2, 0.25) is 0 Å². The van der Waals surface area contributed by atoms with E-state index in [1.165, 1.54) is 12.1 Å². The van der Waals surface area contributed by atoms with Crippen LogP contribution in [0.3, 0.4) is 0 Å². The number of phosphoric ester groups is 1. The van der Waals surface area contributed by atoms with Crippen molar-refractivity contribution in [1.82, 2.24) is 4.90 Å². The average Bonchev–Trinajstić information content (AvgIpc) is 2.64. The Morgan fingerprint density at radius 2 is 1.81 bits per heavy atom. The molecule has 1 aliphatic heterocycles. The molecule has 10 heteroatoms. The number of hydrogen-bond acceptors (Lipinski definition) is 8. The molecule has 1 atom stereocenters. The Labute approximate surface area is 155 Å². The second-order valence-corrected chi connectivity index (χ2v) is 7.17. The van der Waals surface area contributed by atoms with Gasteiger partial charge in [0.25, 0.3) is 11.8 Å². The number of β-amino-alcohol motifs (C(OH)–C–C–N with tert-alkyl or cyclic N) is 1. The van der Waals surface area contributed by atoms with E-state index in [0.29, 0.717) is 10.8 Å². The van der Waals surface area contributed by atoms with Gasteiger partial charge in [0.05, 0.1) is 19.8 Å². The summed E-state index contributed by atoms with van der Waals surface area (Å²) in [5, 5.41) is 9.93. The van der Waals surface area contributed by atoms with Crippen LogP contribution in [-0.2, 0) is 13.6 Å². The second-order valence-electron chi connectivity index (χ2n) is 5.58. The van der Waals surface area contributed by atoms with E-state index in [0.717, 1.165) is 4.90 Å². The number of nitrogens with zero attached hydrogens (tertiary/aromatic N) is 1. The van der Waals surface area contributed by atoms with Crippen molar-refractivity contribution in [2.45, 2.75) is 6.92 Å². The summed E-state index contributed by atoms with van der Waals surface area (Å²) in [6.45, 7) is 0.894. The molecule has 2 aromatic rings. The predicted molar refractivity (Wildman–Crippen MR) is 96.4 cm³/mol. The molecule has 0 aliphatic carbocycles. The molecule has 0 spiro atoms. The van der Waals surface area contributed by atoms with Gasteiger partial charge in [-0.25, -0.2) is 4.57 Å². The molecule has 0 aromatic heterocycles. The molecule has 0 bridgehead atoms. The summed E-state index contributed by atoms with van der Waals surface area (Å²) in [7, 11) is -3.96. The zero-order valence-electron chi connectivity index (χ0n) is 14.6. The van der Waals surface area contributed by atoms with Gasteiger partial charge in [0.15, 0.2) is 0 Å². The molecule has 0 saturated heterocycles. The van der Waals surface area contributed by atoms with Gasteiger partial charge in [-0.15, -0.1) is 0 Å². The van der Waals surface area contributed by atoms with Crippen LogP contribution in [0, 0.1) is 0 Å². The number of hydrogen-bond donors (Lipinski definition) is 2. The molecule has 0 saturated carbocycles. The third kappa shape index (κ3) is 3.47. The van der Waals surface area contributed by atoms with E-state index >= 15 is 0 Å². The fourth-order valence-electron chi connectivity index (χ4n) is 2.96. The summed E-state index contributed by atoms with van der Waals surface area (Å²) < 4.78 is 28.1. The van der Waals surface area contributed by atoms with Crippen molar-refractivity contribution >= 4 is 30.4 Å². The molecule has 2 aromatic carbocycles. The van der Waals surface area contributed by atoms with Gasteiger partial charge in [0.2, 0.25) is 0 Å². The van der Waals surface area contributed by atoms with Crippen molar-refractivity contribution in [3.8, 4) is 5.75 Å². The highest BCUT2D eigenvalue weighted by molar-refractivity contribution is 7.48. The number of nitrogens with two attached hydrogens (primary N) is 1. The summed E-state index contributed by atoms with van der Waals surface area (Å²) in [6.07, 6.45) is 0. The minimum Gasteiger partial charge on any atom is -0.403 e. The van der Waals surface area contributed by atoms with Crippen molar-refractivity contribution in [2.75, 3.05) is 26.5 Å². The zero-order valence-corrected chi connectivity index (χ0v) is 15.5. The van der Waals surface area contributed by atoms with E-state index in [9.17, 15) is 14.2 Å². The van der Waals surface area contributed by atoms with Crippen LogP contribution in [0.15, 0.2) is 30.3 Å². The number of rotatable bonds is 8. The fourth-order valence-corrected chi connectivity index (χ4v) is 4.04. The van der Waals surface area contributed by atoms with Crippen molar-refractivity contribution in [1.29, 1.82) is 0 Å². The molecule has 0 fully saturated rings. The molecule has 3 N–H and O–H groups in total. The molecule has 27 heavy (non-hydrogen) atoms. The maximum Gasteiger partial charge on any atom is 0.531 e. The van der Waals surface area contributed by atoms with Crippen molar-refractivity contribution in [2.24, 2.45) is 5.73 Å². The number of benzene rings is 2. The molecule has 0 radical (unpaired) electrons. The number of carbonyl (C=O) groups is 2. The first-order chi connectivity index (χ1) is 13.0. The first-order valence-corrected chi connectivity index (χ1v) is 9.73. The Kier molecular flexibility index (Phi) is 5.59. The second kappa shape index (κ2) is 7.75.